The lowest BCUT2D eigenvalue weighted by molar-refractivity contribution is -0.115. The Morgan fingerprint density at radius 1 is 1.07 bits per heavy atom. The third-order valence-electron chi connectivity index (χ3n) is 4.25. The van der Waals surface area contributed by atoms with E-state index in [1.807, 2.05) is 43.1 Å². The van der Waals surface area contributed by atoms with Crippen LogP contribution in [0.1, 0.15) is 19.4 Å². The summed E-state index contributed by atoms with van der Waals surface area (Å²) < 4.78 is 0. The van der Waals surface area contributed by atoms with Crippen molar-refractivity contribution in [3.63, 3.8) is 0 Å². The van der Waals surface area contributed by atoms with Gasteiger partial charge in [-0.25, -0.2) is 4.99 Å². The standard InChI is InChI=1S/C21H22N4O2S/c1-13-18-7-5-6-8-19(18)24-21(25(13)4)28-14(2)20(27)23-17-11-9-16(10-12-17)22-15(3)26/h5-12,14H,1H2,2-4H3,(H,22,26)(H,23,27). The molecule has 0 radical (unpaired) electrons. The number of thioether (sulfide) groups is 1. The van der Waals surface area contributed by atoms with E-state index in [1.54, 1.807) is 24.3 Å². The van der Waals surface area contributed by atoms with Crippen molar-refractivity contribution >= 4 is 51.5 Å². The van der Waals surface area contributed by atoms with E-state index in [0.717, 1.165) is 22.1 Å². The Labute approximate surface area is 168 Å². The molecule has 0 spiro atoms. The van der Waals surface area contributed by atoms with E-state index >= 15 is 0 Å². The Morgan fingerprint density at radius 2 is 1.68 bits per heavy atom. The van der Waals surface area contributed by atoms with Gasteiger partial charge in [-0.3, -0.25) is 9.59 Å². The van der Waals surface area contributed by atoms with Crippen LogP contribution >= 0.6 is 11.8 Å². The van der Waals surface area contributed by atoms with Gasteiger partial charge in [-0.2, -0.15) is 0 Å². The summed E-state index contributed by atoms with van der Waals surface area (Å²) in [6.07, 6.45) is 0. The Bertz CT molecular complexity index is 953. The van der Waals surface area contributed by atoms with Gasteiger partial charge in [0.05, 0.1) is 10.9 Å². The summed E-state index contributed by atoms with van der Waals surface area (Å²) in [7, 11) is 1.90. The Balaban J connectivity index is 1.66. The molecule has 1 aliphatic rings. The largest absolute Gasteiger partial charge is 0.326 e. The van der Waals surface area contributed by atoms with Crippen molar-refractivity contribution in [1.29, 1.82) is 0 Å². The van der Waals surface area contributed by atoms with Gasteiger partial charge in [0.2, 0.25) is 11.8 Å². The lowest BCUT2D eigenvalue weighted by atomic mass is 10.1. The molecule has 0 aliphatic carbocycles. The van der Waals surface area contributed by atoms with Crippen LogP contribution in [0.2, 0.25) is 0 Å². The van der Waals surface area contributed by atoms with Gasteiger partial charge in [-0.05, 0) is 37.3 Å². The molecule has 2 aromatic carbocycles. The molecule has 0 aromatic heterocycles. The van der Waals surface area contributed by atoms with Gasteiger partial charge < -0.3 is 15.5 Å². The van der Waals surface area contributed by atoms with Gasteiger partial charge in [0.25, 0.3) is 0 Å². The number of hydrogen-bond donors (Lipinski definition) is 2. The minimum Gasteiger partial charge on any atom is -0.326 e. The number of amides is 2. The maximum atomic E-state index is 12.6. The number of amidine groups is 1. The van der Waals surface area contributed by atoms with E-state index in [1.165, 1.54) is 18.7 Å². The zero-order chi connectivity index (χ0) is 20.3. The number of nitrogens with one attached hydrogen (secondary N) is 2. The first-order valence-corrected chi connectivity index (χ1v) is 9.69. The van der Waals surface area contributed by atoms with Gasteiger partial charge >= 0.3 is 0 Å². The number of rotatable bonds is 4. The highest BCUT2D eigenvalue weighted by Crippen LogP contribution is 2.35. The summed E-state index contributed by atoms with van der Waals surface area (Å²) in [6.45, 7) is 7.43. The van der Waals surface area contributed by atoms with Crippen LogP contribution in [0, 0.1) is 0 Å². The number of fused-ring (bicyclic) bond motifs is 1. The number of hydrogen-bond acceptors (Lipinski definition) is 5. The summed E-state index contributed by atoms with van der Waals surface area (Å²) in [4.78, 5) is 30.2. The summed E-state index contributed by atoms with van der Waals surface area (Å²) in [5, 5.41) is 5.96. The third-order valence-corrected chi connectivity index (χ3v) is 5.39. The molecule has 1 unspecified atom stereocenters. The average Bonchev–Trinajstić information content (AvgIpc) is 2.67. The van der Waals surface area contributed by atoms with Crippen LogP contribution in [0.5, 0.6) is 0 Å². The molecule has 0 bridgehead atoms. The zero-order valence-electron chi connectivity index (χ0n) is 16.0. The van der Waals surface area contributed by atoms with E-state index < -0.39 is 0 Å². The number of aliphatic imine (C=N–C) groups is 1. The molecule has 144 valence electrons. The van der Waals surface area contributed by atoms with Crippen molar-refractivity contribution in [1.82, 2.24) is 4.90 Å². The Morgan fingerprint density at radius 3 is 2.32 bits per heavy atom. The van der Waals surface area contributed by atoms with Crippen LogP contribution in [0.4, 0.5) is 17.1 Å². The fourth-order valence-corrected chi connectivity index (χ4v) is 3.59. The molecule has 0 saturated heterocycles. The van der Waals surface area contributed by atoms with Gasteiger partial charge in [-0.15, -0.1) is 0 Å². The van der Waals surface area contributed by atoms with Crippen LogP contribution in [0.3, 0.4) is 0 Å². The quantitative estimate of drug-likeness (QED) is 0.810. The second-order valence-corrected chi connectivity index (χ2v) is 7.73. The maximum absolute atomic E-state index is 12.6. The molecule has 28 heavy (non-hydrogen) atoms. The van der Waals surface area contributed by atoms with E-state index in [2.05, 4.69) is 22.2 Å². The lowest BCUT2D eigenvalue weighted by Gasteiger charge is -2.29. The molecule has 2 amide bonds. The highest BCUT2D eigenvalue weighted by atomic mass is 32.2. The zero-order valence-corrected chi connectivity index (χ0v) is 16.8. The van der Waals surface area contributed by atoms with Gasteiger partial charge in [0.15, 0.2) is 5.17 Å². The van der Waals surface area contributed by atoms with Gasteiger partial charge in [-0.1, -0.05) is 36.5 Å². The number of benzene rings is 2. The van der Waals surface area contributed by atoms with E-state index in [4.69, 9.17) is 0 Å². The minimum absolute atomic E-state index is 0.127. The maximum Gasteiger partial charge on any atom is 0.237 e. The number of carbonyl (C=O) groups is 2. The molecule has 1 aliphatic heterocycles. The van der Waals surface area contributed by atoms with Crippen molar-refractivity contribution in [2.75, 3.05) is 17.7 Å². The first-order chi connectivity index (χ1) is 13.3. The van der Waals surface area contributed by atoms with Crippen molar-refractivity contribution in [2.24, 2.45) is 4.99 Å². The molecule has 2 N–H and O–H groups in total. The predicted octanol–water partition coefficient (Wildman–Crippen LogP) is 4.31. The molecular formula is C21H22N4O2S. The molecule has 0 saturated carbocycles. The SMILES string of the molecule is C=C1c2ccccc2N=C(SC(C)C(=O)Nc2ccc(NC(C)=O)cc2)N1C. The number of para-hydroxylation sites is 1. The first kappa shape index (κ1) is 19.7. The van der Waals surface area contributed by atoms with Crippen LogP contribution in [0.15, 0.2) is 60.1 Å². The number of nitrogens with zero attached hydrogens (tertiary/aromatic N) is 2. The third kappa shape index (κ3) is 4.43. The summed E-state index contributed by atoms with van der Waals surface area (Å²) in [5.74, 6) is -0.264. The smallest absolute Gasteiger partial charge is 0.237 e. The van der Waals surface area contributed by atoms with Crippen molar-refractivity contribution in [3.05, 3.63) is 60.7 Å². The lowest BCUT2D eigenvalue weighted by Crippen LogP contribution is -2.30. The Hall–Kier alpha value is -3.06. The number of anilines is 2. The van der Waals surface area contributed by atoms with E-state index in [-0.39, 0.29) is 17.1 Å². The predicted molar refractivity (Wildman–Crippen MR) is 117 cm³/mol. The molecule has 7 heteroatoms. The van der Waals surface area contributed by atoms with Crippen LogP contribution < -0.4 is 10.6 Å². The fourth-order valence-electron chi connectivity index (χ4n) is 2.69. The van der Waals surface area contributed by atoms with Crippen molar-refractivity contribution in [3.8, 4) is 0 Å². The van der Waals surface area contributed by atoms with Crippen LogP contribution in [0.25, 0.3) is 5.70 Å². The fraction of sp³-hybridized carbons (Fsp3) is 0.190. The van der Waals surface area contributed by atoms with Gasteiger partial charge in [0.1, 0.15) is 0 Å². The van der Waals surface area contributed by atoms with Gasteiger partial charge in [0, 0.05) is 36.6 Å². The normalized spacial score (nSPS) is 14.0. The topological polar surface area (TPSA) is 73.8 Å². The van der Waals surface area contributed by atoms with E-state index in [0.29, 0.717) is 11.4 Å². The monoisotopic (exact) mass is 394 g/mol. The van der Waals surface area contributed by atoms with Crippen LogP contribution in [-0.4, -0.2) is 34.2 Å². The molecule has 2 aromatic rings. The van der Waals surface area contributed by atoms with Crippen molar-refractivity contribution < 1.29 is 9.59 Å². The summed E-state index contributed by atoms with van der Waals surface area (Å²) in [5.41, 5.74) is 4.05. The molecule has 6 nitrogen and oxygen atoms in total. The summed E-state index contributed by atoms with van der Waals surface area (Å²) >= 11 is 1.38. The molecule has 0 fully saturated rings. The Kier molecular flexibility index (Phi) is 5.84. The second-order valence-electron chi connectivity index (χ2n) is 6.43. The molecule has 1 heterocycles. The molecule has 1 atom stereocenters. The highest BCUT2D eigenvalue weighted by molar-refractivity contribution is 8.14. The highest BCUT2D eigenvalue weighted by Gasteiger charge is 2.24. The number of carbonyl (C=O) groups excluding carboxylic acids is 2. The average molecular weight is 395 g/mol. The molecule has 3 rings (SSSR count). The minimum atomic E-state index is -0.353. The first-order valence-electron chi connectivity index (χ1n) is 8.81. The second kappa shape index (κ2) is 8.31. The molecular weight excluding hydrogens is 372 g/mol. The van der Waals surface area contributed by atoms with E-state index in [9.17, 15) is 9.59 Å². The van der Waals surface area contributed by atoms with Crippen molar-refractivity contribution in [2.45, 2.75) is 19.1 Å². The summed E-state index contributed by atoms with van der Waals surface area (Å²) in [6, 6.07) is 14.8. The van der Waals surface area contributed by atoms with Crippen LogP contribution in [-0.2, 0) is 9.59 Å².